The number of likely N-dealkylation sites (N-methyl/N-ethyl adjacent to an activating group) is 1. The minimum Gasteiger partial charge on any atom is -0.497 e. The highest BCUT2D eigenvalue weighted by atomic mass is 16.5. The van der Waals surface area contributed by atoms with E-state index < -0.39 is 0 Å². The maximum atomic E-state index is 11.9. The molecular formula is C17H19NO3. The van der Waals surface area contributed by atoms with E-state index in [1.807, 2.05) is 43.4 Å². The van der Waals surface area contributed by atoms with Crippen molar-refractivity contribution in [2.75, 3.05) is 20.8 Å². The minimum absolute atomic E-state index is 0.0308. The van der Waals surface area contributed by atoms with Gasteiger partial charge in [-0.25, -0.2) is 0 Å². The summed E-state index contributed by atoms with van der Waals surface area (Å²) in [5.41, 5.74) is 0. The summed E-state index contributed by atoms with van der Waals surface area (Å²) >= 11 is 0. The molecule has 1 saturated carbocycles. The molecule has 4 nitrogen and oxygen atoms in total. The van der Waals surface area contributed by atoms with Gasteiger partial charge >= 0.3 is 0 Å². The smallest absolute Gasteiger partial charge is 0.260 e. The lowest BCUT2D eigenvalue weighted by Gasteiger charge is -2.16. The molecule has 2 aromatic carbocycles. The molecular weight excluding hydrogens is 266 g/mol. The van der Waals surface area contributed by atoms with E-state index >= 15 is 0 Å². The van der Waals surface area contributed by atoms with Crippen molar-refractivity contribution in [3.05, 3.63) is 36.4 Å². The Morgan fingerprint density at radius 3 is 2.48 bits per heavy atom. The van der Waals surface area contributed by atoms with Crippen molar-refractivity contribution >= 4 is 16.7 Å². The van der Waals surface area contributed by atoms with Crippen LogP contribution in [0.5, 0.6) is 11.5 Å². The fourth-order valence-electron chi connectivity index (χ4n) is 2.33. The summed E-state index contributed by atoms with van der Waals surface area (Å²) in [6, 6.07) is 12.1. The molecule has 0 bridgehead atoms. The van der Waals surface area contributed by atoms with Gasteiger partial charge in [-0.2, -0.15) is 0 Å². The second-order valence-electron chi connectivity index (χ2n) is 5.40. The first-order valence-electron chi connectivity index (χ1n) is 7.13. The van der Waals surface area contributed by atoms with Gasteiger partial charge in [0, 0.05) is 13.1 Å². The third-order valence-electron chi connectivity index (χ3n) is 3.87. The first kappa shape index (κ1) is 13.7. The Morgan fingerprint density at radius 2 is 1.81 bits per heavy atom. The van der Waals surface area contributed by atoms with Crippen LogP contribution < -0.4 is 9.47 Å². The molecule has 0 saturated heterocycles. The van der Waals surface area contributed by atoms with Crippen molar-refractivity contribution in [1.29, 1.82) is 0 Å². The lowest BCUT2D eigenvalue weighted by molar-refractivity contribution is -0.132. The molecule has 0 N–H and O–H groups in total. The molecule has 0 unspecified atom stereocenters. The molecule has 110 valence electrons. The molecule has 0 heterocycles. The quantitative estimate of drug-likeness (QED) is 0.848. The van der Waals surface area contributed by atoms with Crippen LogP contribution in [0.1, 0.15) is 12.8 Å². The van der Waals surface area contributed by atoms with Crippen LogP contribution in [0.4, 0.5) is 0 Å². The van der Waals surface area contributed by atoms with Gasteiger partial charge in [0.05, 0.1) is 7.11 Å². The zero-order chi connectivity index (χ0) is 14.8. The number of benzene rings is 2. The monoisotopic (exact) mass is 285 g/mol. The molecule has 0 spiro atoms. The van der Waals surface area contributed by atoms with E-state index in [0.29, 0.717) is 11.8 Å². The number of ether oxygens (including phenoxy) is 2. The Hall–Kier alpha value is -2.23. The maximum Gasteiger partial charge on any atom is 0.260 e. The normalized spacial score (nSPS) is 14.0. The second kappa shape index (κ2) is 5.64. The summed E-state index contributed by atoms with van der Waals surface area (Å²) in [5.74, 6) is 1.54. The summed E-state index contributed by atoms with van der Waals surface area (Å²) in [5, 5.41) is 2.15. The number of amides is 1. The zero-order valence-corrected chi connectivity index (χ0v) is 12.3. The Balaban J connectivity index is 1.70. The molecule has 0 radical (unpaired) electrons. The van der Waals surface area contributed by atoms with E-state index in [1.54, 1.807) is 12.0 Å². The average Bonchev–Trinajstić information content (AvgIpc) is 3.35. The van der Waals surface area contributed by atoms with E-state index in [-0.39, 0.29) is 12.5 Å². The highest BCUT2D eigenvalue weighted by Crippen LogP contribution is 2.26. The molecule has 1 aliphatic carbocycles. The minimum atomic E-state index is 0.0308. The molecule has 1 fully saturated rings. The van der Waals surface area contributed by atoms with E-state index in [2.05, 4.69) is 0 Å². The Labute approximate surface area is 124 Å². The number of rotatable bonds is 5. The van der Waals surface area contributed by atoms with Gasteiger partial charge in [0.1, 0.15) is 11.5 Å². The first-order valence-corrected chi connectivity index (χ1v) is 7.13. The topological polar surface area (TPSA) is 38.8 Å². The molecule has 1 aliphatic rings. The van der Waals surface area contributed by atoms with Gasteiger partial charge in [-0.1, -0.05) is 12.1 Å². The fourth-order valence-corrected chi connectivity index (χ4v) is 2.33. The lowest BCUT2D eigenvalue weighted by atomic mass is 10.1. The highest BCUT2D eigenvalue weighted by molar-refractivity contribution is 5.85. The van der Waals surface area contributed by atoms with Crippen molar-refractivity contribution < 1.29 is 14.3 Å². The van der Waals surface area contributed by atoms with Crippen LogP contribution in [0.25, 0.3) is 10.8 Å². The van der Waals surface area contributed by atoms with E-state index in [1.165, 1.54) is 0 Å². The third kappa shape index (κ3) is 3.10. The number of carbonyl (C=O) groups excluding carboxylic acids is 1. The van der Waals surface area contributed by atoms with Crippen molar-refractivity contribution in [1.82, 2.24) is 4.90 Å². The fraction of sp³-hybridized carbons (Fsp3) is 0.353. The van der Waals surface area contributed by atoms with Crippen LogP contribution in [0.3, 0.4) is 0 Å². The van der Waals surface area contributed by atoms with Gasteiger partial charge < -0.3 is 14.4 Å². The molecule has 1 amide bonds. The number of hydrogen-bond donors (Lipinski definition) is 0. The third-order valence-corrected chi connectivity index (χ3v) is 3.87. The van der Waals surface area contributed by atoms with Gasteiger partial charge in [0.25, 0.3) is 5.91 Å². The van der Waals surface area contributed by atoms with Crippen molar-refractivity contribution in [2.45, 2.75) is 18.9 Å². The van der Waals surface area contributed by atoms with Crippen LogP contribution in [0.15, 0.2) is 36.4 Å². The maximum absolute atomic E-state index is 11.9. The van der Waals surface area contributed by atoms with Crippen LogP contribution in [0.2, 0.25) is 0 Å². The lowest BCUT2D eigenvalue weighted by Crippen LogP contribution is -2.33. The second-order valence-corrected chi connectivity index (χ2v) is 5.40. The van der Waals surface area contributed by atoms with E-state index in [0.717, 1.165) is 29.4 Å². The van der Waals surface area contributed by atoms with Crippen LogP contribution >= 0.6 is 0 Å². The van der Waals surface area contributed by atoms with Crippen molar-refractivity contribution in [3.8, 4) is 11.5 Å². The molecule has 4 heteroatoms. The molecule has 0 aliphatic heterocycles. The number of hydrogen-bond acceptors (Lipinski definition) is 3. The van der Waals surface area contributed by atoms with Gasteiger partial charge in [-0.05, 0) is 47.9 Å². The van der Waals surface area contributed by atoms with E-state index in [9.17, 15) is 4.79 Å². The number of nitrogens with zero attached hydrogens (tertiary/aromatic N) is 1. The molecule has 0 atom stereocenters. The molecule has 21 heavy (non-hydrogen) atoms. The average molecular weight is 285 g/mol. The number of fused-ring (bicyclic) bond motifs is 1. The standard InChI is InChI=1S/C17H19NO3/c1-18(14-5-6-14)17(19)11-21-16-8-4-12-3-7-15(20-2)9-13(12)10-16/h3-4,7-10,14H,5-6,11H2,1-2H3. The first-order chi connectivity index (χ1) is 10.2. The van der Waals surface area contributed by atoms with Crippen LogP contribution in [-0.4, -0.2) is 37.6 Å². The van der Waals surface area contributed by atoms with Crippen LogP contribution in [-0.2, 0) is 4.79 Å². The van der Waals surface area contributed by atoms with Gasteiger partial charge in [0.2, 0.25) is 0 Å². The predicted molar refractivity (Wildman–Crippen MR) is 81.8 cm³/mol. The van der Waals surface area contributed by atoms with Gasteiger partial charge in [0.15, 0.2) is 6.61 Å². The summed E-state index contributed by atoms with van der Waals surface area (Å²) < 4.78 is 10.8. The van der Waals surface area contributed by atoms with Crippen LogP contribution in [0, 0.1) is 0 Å². The summed E-state index contributed by atoms with van der Waals surface area (Å²) in [6.45, 7) is 0.0858. The number of methoxy groups -OCH3 is 1. The SMILES string of the molecule is COc1ccc2ccc(OCC(=O)N(C)C3CC3)cc2c1. The molecule has 3 rings (SSSR count). The highest BCUT2D eigenvalue weighted by Gasteiger charge is 2.29. The molecule has 2 aromatic rings. The Bertz CT molecular complexity index is 664. The number of carbonyl (C=O) groups is 1. The summed E-state index contributed by atoms with van der Waals surface area (Å²) in [6.07, 6.45) is 2.22. The largest absolute Gasteiger partial charge is 0.497 e. The summed E-state index contributed by atoms with van der Waals surface area (Å²) in [4.78, 5) is 13.7. The van der Waals surface area contributed by atoms with Crippen molar-refractivity contribution in [3.63, 3.8) is 0 Å². The van der Waals surface area contributed by atoms with Gasteiger partial charge in [-0.3, -0.25) is 4.79 Å². The van der Waals surface area contributed by atoms with E-state index in [4.69, 9.17) is 9.47 Å². The van der Waals surface area contributed by atoms with Crippen molar-refractivity contribution in [2.24, 2.45) is 0 Å². The summed E-state index contributed by atoms with van der Waals surface area (Å²) in [7, 11) is 3.49. The Kier molecular flexibility index (Phi) is 3.69. The zero-order valence-electron chi connectivity index (χ0n) is 12.3. The van der Waals surface area contributed by atoms with Gasteiger partial charge in [-0.15, -0.1) is 0 Å². The predicted octanol–water partition coefficient (Wildman–Crippen LogP) is 2.85. The molecule has 0 aromatic heterocycles. The Morgan fingerprint density at radius 1 is 1.14 bits per heavy atom.